The molecule has 144 valence electrons. The topological polar surface area (TPSA) is 106 Å². The zero-order valence-corrected chi connectivity index (χ0v) is 16.4. The number of nitrogens with one attached hydrogen (secondary N) is 2. The van der Waals surface area contributed by atoms with Gasteiger partial charge in [-0.1, -0.05) is 6.07 Å². The number of pyridine rings is 2. The fraction of sp³-hybridized carbons (Fsp3) is 0.211. The van der Waals surface area contributed by atoms with E-state index in [1.54, 1.807) is 33.0 Å². The molecule has 0 aliphatic carbocycles. The van der Waals surface area contributed by atoms with Crippen molar-refractivity contribution in [1.82, 2.24) is 15.0 Å². The fourth-order valence-corrected chi connectivity index (χ4v) is 2.85. The van der Waals surface area contributed by atoms with Crippen molar-refractivity contribution < 1.29 is 14.3 Å². The van der Waals surface area contributed by atoms with E-state index < -0.39 is 17.6 Å². The van der Waals surface area contributed by atoms with Gasteiger partial charge < -0.3 is 4.74 Å². The first-order valence-corrected chi connectivity index (χ1v) is 9.32. The molecule has 3 heterocycles. The van der Waals surface area contributed by atoms with Crippen LogP contribution in [0.1, 0.15) is 31.3 Å². The van der Waals surface area contributed by atoms with Crippen molar-refractivity contribution in [2.75, 3.05) is 10.6 Å². The van der Waals surface area contributed by atoms with Crippen LogP contribution in [0, 0.1) is 0 Å². The molecule has 0 bridgehead atoms. The summed E-state index contributed by atoms with van der Waals surface area (Å²) < 4.78 is 5.17. The Hall–Kier alpha value is -3.33. The number of carbonyl (C=O) groups excluding carboxylic acids is 2. The summed E-state index contributed by atoms with van der Waals surface area (Å²) in [7, 11) is 0. The fourth-order valence-electron chi connectivity index (χ4n) is 2.15. The lowest BCUT2D eigenvalue weighted by Gasteiger charge is -2.19. The van der Waals surface area contributed by atoms with Crippen LogP contribution < -0.4 is 10.6 Å². The van der Waals surface area contributed by atoms with Gasteiger partial charge in [0.05, 0.1) is 17.6 Å². The predicted octanol–water partition coefficient (Wildman–Crippen LogP) is 4.20. The number of rotatable bonds is 4. The van der Waals surface area contributed by atoms with Crippen LogP contribution >= 0.6 is 11.3 Å². The molecule has 3 rings (SSSR count). The van der Waals surface area contributed by atoms with Crippen LogP contribution in [0.2, 0.25) is 0 Å². The third-order valence-corrected chi connectivity index (χ3v) is 4.05. The van der Waals surface area contributed by atoms with E-state index in [0.29, 0.717) is 16.5 Å². The van der Waals surface area contributed by atoms with E-state index in [1.165, 1.54) is 23.6 Å². The average Bonchev–Trinajstić information content (AvgIpc) is 3.10. The van der Waals surface area contributed by atoms with Crippen molar-refractivity contribution in [3.05, 3.63) is 53.8 Å². The SMILES string of the molecule is CC(C)(C)OC(=O)Nc1ccc(C(=O)Nc2nc(-c3ccccn3)cs2)nc1. The Bertz CT molecular complexity index is 965. The zero-order chi connectivity index (χ0) is 20.1. The van der Waals surface area contributed by atoms with Crippen LogP contribution in [0.3, 0.4) is 0 Å². The lowest BCUT2D eigenvalue weighted by Crippen LogP contribution is -2.27. The average molecular weight is 397 g/mol. The van der Waals surface area contributed by atoms with Crippen LogP contribution in [0.5, 0.6) is 0 Å². The first kappa shape index (κ1) is 19.4. The van der Waals surface area contributed by atoms with Gasteiger partial charge in [0.1, 0.15) is 17.0 Å². The van der Waals surface area contributed by atoms with Crippen molar-refractivity contribution in [1.29, 1.82) is 0 Å². The maximum atomic E-state index is 12.3. The molecule has 0 saturated carbocycles. The Morgan fingerprint density at radius 3 is 2.50 bits per heavy atom. The summed E-state index contributed by atoms with van der Waals surface area (Å²) in [6.45, 7) is 5.32. The summed E-state index contributed by atoms with van der Waals surface area (Å²) in [6, 6.07) is 8.63. The van der Waals surface area contributed by atoms with Crippen molar-refractivity contribution in [3.8, 4) is 11.4 Å². The van der Waals surface area contributed by atoms with Crippen LogP contribution in [-0.4, -0.2) is 32.6 Å². The second kappa shape index (κ2) is 8.13. The number of ether oxygens (including phenoxy) is 1. The van der Waals surface area contributed by atoms with Gasteiger partial charge in [0.2, 0.25) is 0 Å². The molecule has 9 heteroatoms. The summed E-state index contributed by atoms with van der Waals surface area (Å²) in [5.41, 5.74) is 1.45. The molecule has 0 unspecified atom stereocenters. The highest BCUT2D eigenvalue weighted by Gasteiger charge is 2.17. The maximum Gasteiger partial charge on any atom is 0.412 e. The quantitative estimate of drug-likeness (QED) is 0.683. The van der Waals surface area contributed by atoms with E-state index >= 15 is 0 Å². The number of carbonyl (C=O) groups is 2. The highest BCUT2D eigenvalue weighted by Crippen LogP contribution is 2.23. The van der Waals surface area contributed by atoms with Crippen molar-refractivity contribution >= 4 is 34.2 Å². The monoisotopic (exact) mass is 397 g/mol. The van der Waals surface area contributed by atoms with E-state index in [-0.39, 0.29) is 5.69 Å². The summed E-state index contributed by atoms with van der Waals surface area (Å²) in [5.74, 6) is -0.397. The number of thiazole rings is 1. The molecule has 3 aromatic heterocycles. The van der Waals surface area contributed by atoms with Gasteiger partial charge in [-0.05, 0) is 45.0 Å². The van der Waals surface area contributed by atoms with Gasteiger partial charge in [-0.15, -0.1) is 11.3 Å². The smallest absolute Gasteiger partial charge is 0.412 e. The van der Waals surface area contributed by atoms with Gasteiger partial charge in [0.25, 0.3) is 5.91 Å². The van der Waals surface area contributed by atoms with Crippen LogP contribution in [-0.2, 0) is 4.74 Å². The summed E-state index contributed by atoms with van der Waals surface area (Å²) in [4.78, 5) is 36.8. The molecule has 2 amide bonds. The molecular weight excluding hydrogens is 378 g/mol. The molecule has 0 aromatic carbocycles. The molecule has 0 spiro atoms. The molecular formula is C19H19N5O3S. The van der Waals surface area contributed by atoms with Gasteiger partial charge in [-0.25, -0.2) is 14.8 Å². The Balaban J connectivity index is 1.61. The van der Waals surface area contributed by atoms with Crippen LogP contribution in [0.15, 0.2) is 48.1 Å². The maximum absolute atomic E-state index is 12.3. The lowest BCUT2D eigenvalue weighted by molar-refractivity contribution is 0.0635. The Morgan fingerprint density at radius 2 is 1.86 bits per heavy atom. The number of aromatic nitrogens is 3. The highest BCUT2D eigenvalue weighted by atomic mass is 32.1. The van der Waals surface area contributed by atoms with Crippen molar-refractivity contribution in [2.24, 2.45) is 0 Å². The van der Waals surface area contributed by atoms with Gasteiger partial charge in [-0.3, -0.25) is 20.4 Å². The summed E-state index contributed by atoms with van der Waals surface area (Å²) in [5, 5.41) is 7.54. The molecule has 28 heavy (non-hydrogen) atoms. The molecule has 2 N–H and O–H groups in total. The molecule has 0 aliphatic rings. The summed E-state index contributed by atoms with van der Waals surface area (Å²) >= 11 is 1.30. The Labute approximate surface area is 166 Å². The van der Waals surface area contributed by atoms with Gasteiger partial charge in [-0.2, -0.15) is 0 Å². The van der Waals surface area contributed by atoms with Crippen LogP contribution in [0.25, 0.3) is 11.4 Å². The Kier molecular flexibility index (Phi) is 5.65. The molecule has 0 aliphatic heterocycles. The minimum absolute atomic E-state index is 0.198. The largest absolute Gasteiger partial charge is 0.444 e. The third-order valence-electron chi connectivity index (χ3n) is 3.29. The van der Waals surface area contributed by atoms with E-state index in [4.69, 9.17) is 4.74 Å². The number of nitrogens with zero attached hydrogens (tertiary/aromatic N) is 3. The van der Waals surface area contributed by atoms with E-state index in [9.17, 15) is 9.59 Å². The first-order chi connectivity index (χ1) is 13.3. The standard InChI is InChI=1S/C19H19N5O3S/c1-19(2,3)27-18(26)22-12-7-8-14(21-10-12)16(25)24-17-23-15(11-28-17)13-6-4-5-9-20-13/h4-11H,1-3H3,(H,22,26)(H,23,24,25). The third kappa shape index (κ3) is 5.34. The molecule has 0 atom stereocenters. The van der Waals surface area contributed by atoms with Gasteiger partial charge in [0, 0.05) is 11.6 Å². The minimum Gasteiger partial charge on any atom is -0.444 e. The van der Waals surface area contributed by atoms with Gasteiger partial charge >= 0.3 is 6.09 Å². The number of anilines is 2. The number of hydrogen-bond acceptors (Lipinski definition) is 7. The second-order valence-electron chi connectivity index (χ2n) is 6.77. The molecule has 0 saturated heterocycles. The number of amides is 2. The predicted molar refractivity (Wildman–Crippen MR) is 107 cm³/mol. The molecule has 0 fully saturated rings. The minimum atomic E-state index is -0.598. The molecule has 8 nitrogen and oxygen atoms in total. The van der Waals surface area contributed by atoms with E-state index in [0.717, 1.165) is 5.69 Å². The highest BCUT2D eigenvalue weighted by molar-refractivity contribution is 7.14. The van der Waals surface area contributed by atoms with Crippen molar-refractivity contribution in [2.45, 2.75) is 26.4 Å². The molecule has 0 radical (unpaired) electrons. The second-order valence-corrected chi connectivity index (χ2v) is 7.62. The lowest BCUT2D eigenvalue weighted by atomic mass is 10.2. The van der Waals surface area contributed by atoms with E-state index in [2.05, 4.69) is 25.6 Å². The van der Waals surface area contributed by atoms with Crippen molar-refractivity contribution in [3.63, 3.8) is 0 Å². The number of hydrogen-bond donors (Lipinski definition) is 2. The molecule has 3 aromatic rings. The van der Waals surface area contributed by atoms with E-state index in [1.807, 2.05) is 23.6 Å². The normalized spacial score (nSPS) is 11.0. The summed E-state index contributed by atoms with van der Waals surface area (Å²) in [6.07, 6.45) is 2.49. The first-order valence-electron chi connectivity index (χ1n) is 8.44. The zero-order valence-electron chi connectivity index (χ0n) is 15.6. The van der Waals surface area contributed by atoms with Crippen LogP contribution in [0.4, 0.5) is 15.6 Å². The van der Waals surface area contributed by atoms with Gasteiger partial charge in [0.15, 0.2) is 5.13 Å². The Morgan fingerprint density at radius 1 is 1.04 bits per heavy atom.